The number of halogens is 1. The highest BCUT2D eigenvalue weighted by atomic mass is 35.5. The number of carbonyl (C=O) groups is 1. The van der Waals surface area contributed by atoms with Gasteiger partial charge >= 0.3 is 0 Å². The van der Waals surface area contributed by atoms with Crippen molar-refractivity contribution in [1.29, 1.82) is 0 Å². The fraction of sp³-hybridized carbons (Fsp3) is 0.273. The first-order chi connectivity index (χ1) is 12.6. The SMILES string of the molecule is CC(=O)N1N=C2/C(=C\c3ccccc3)CCC[C@H]2[C@H]1c1ccccc1Cl. The van der Waals surface area contributed by atoms with Gasteiger partial charge in [-0.2, -0.15) is 5.10 Å². The summed E-state index contributed by atoms with van der Waals surface area (Å²) < 4.78 is 0. The van der Waals surface area contributed by atoms with Crippen LogP contribution in [-0.2, 0) is 4.79 Å². The molecule has 1 fully saturated rings. The van der Waals surface area contributed by atoms with Crippen molar-refractivity contribution in [2.45, 2.75) is 32.2 Å². The van der Waals surface area contributed by atoms with E-state index in [4.69, 9.17) is 16.7 Å². The Hall–Kier alpha value is -2.39. The molecule has 0 bridgehead atoms. The van der Waals surface area contributed by atoms with Gasteiger partial charge in [0.2, 0.25) is 5.91 Å². The van der Waals surface area contributed by atoms with Crippen molar-refractivity contribution >= 4 is 29.3 Å². The van der Waals surface area contributed by atoms with Crippen LogP contribution in [-0.4, -0.2) is 16.6 Å². The summed E-state index contributed by atoms with van der Waals surface area (Å²) in [5, 5.41) is 7.08. The van der Waals surface area contributed by atoms with Gasteiger partial charge in [-0.1, -0.05) is 60.1 Å². The molecule has 4 rings (SSSR count). The van der Waals surface area contributed by atoms with E-state index >= 15 is 0 Å². The number of hydrogen-bond acceptors (Lipinski definition) is 2. The van der Waals surface area contributed by atoms with E-state index in [1.807, 2.05) is 42.5 Å². The van der Waals surface area contributed by atoms with Crippen LogP contribution in [0.2, 0.25) is 5.02 Å². The lowest BCUT2D eigenvalue weighted by atomic mass is 9.77. The second-order valence-electron chi connectivity index (χ2n) is 6.89. The molecule has 2 atom stereocenters. The minimum atomic E-state index is -0.115. The van der Waals surface area contributed by atoms with Gasteiger partial charge in [0.1, 0.15) is 0 Å². The van der Waals surface area contributed by atoms with E-state index in [1.54, 1.807) is 11.9 Å². The van der Waals surface area contributed by atoms with Crippen molar-refractivity contribution in [3.63, 3.8) is 0 Å². The van der Waals surface area contributed by atoms with E-state index in [9.17, 15) is 4.79 Å². The average molecular weight is 365 g/mol. The molecule has 0 N–H and O–H groups in total. The zero-order chi connectivity index (χ0) is 18.1. The molecule has 132 valence electrons. The zero-order valence-electron chi connectivity index (χ0n) is 14.7. The van der Waals surface area contributed by atoms with Gasteiger partial charge in [-0.15, -0.1) is 0 Å². The maximum atomic E-state index is 12.3. The summed E-state index contributed by atoms with van der Waals surface area (Å²) in [6.07, 6.45) is 5.31. The Morgan fingerprint density at radius 2 is 1.88 bits per heavy atom. The van der Waals surface area contributed by atoms with Gasteiger partial charge in [0.25, 0.3) is 0 Å². The van der Waals surface area contributed by atoms with Gasteiger partial charge in [0.15, 0.2) is 0 Å². The standard InChI is InChI=1S/C22H21ClN2O/c1-15(26)25-22(18-11-5-6-13-20(18)23)19-12-7-10-17(21(19)24-25)14-16-8-3-2-4-9-16/h2-6,8-9,11,13-14,19,22H,7,10,12H2,1H3/b17-14-/t19-,22-/m1/s1. The van der Waals surface area contributed by atoms with Gasteiger partial charge in [-0.05, 0) is 48.1 Å². The van der Waals surface area contributed by atoms with Crippen LogP contribution in [0.15, 0.2) is 65.3 Å². The second-order valence-corrected chi connectivity index (χ2v) is 7.30. The van der Waals surface area contributed by atoms with Crippen molar-refractivity contribution in [2.24, 2.45) is 11.0 Å². The first-order valence-electron chi connectivity index (χ1n) is 9.04. The predicted octanol–water partition coefficient (Wildman–Crippen LogP) is 5.48. The molecule has 1 aliphatic heterocycles. The van der Waals surface area contributed by atoms with Gasteiger partial charge in [-0.3, -0.25) is 4.79 Å². The largest absolute Gasteiger partial charge is 0.273 e. The van der Waals surface area contributed by atoms with Crippen LogP contribution >= 0.6 is 11.6 Å². The molecule has 2 aromatic rings. The third kappa shape index (κ3) is 3.08. The minimum Gasteiger partial charge on any atom is -0.273 e. The Bertz CT molecular complexity index is 888. The lowest BCUT2D eigenvalue weighted by Gasteiger charge is -2.29. The quantitative estimate of drug-likeness (QED) is 0.694. The van der Waals surface area contributed by atoms with Gasteiger partial charge < -0.3 is 0 Å². The number of carbonyl (C=O) groups excluding carboxylic acids is 1. The molecular weight excluding hydrogens is 344 g/mol. The van der Waals surface area contributed by atoms with Crippen LogP contribution < -0.4 is 0 Å². The third-order valence-corrected chi connectivity index (χ3v) is 5.53. The highest BCUT2D eigenvalue weighted by Gasteiger charge is 2.43. The molecule has 3 nitrogen and oxygen atoms in total. The summed E-state index contributed by atoms with van der Waals surface area (Å²) in [6.45, 7) is 1.58. The van der Waals surface area contributed by atoms with E-state index in [0.29, 0.717) is 5.02 Å². The third-order valence-electron chi connectivity index (χ3n) is 5.19. The number of amides is 1. The molecule has 2 aliphatic rings. The Balaban J connectivity index is 1.76. The first-order valence-corrected chi connectivity index (χ1v) is 9.41. The molecule has 1 amide bonds. The van der Waals surface area contributed by atoms with Gasteiger partial charge in [0, 0.05) is 17.9 Å². The van der Waals surface area contributed by atoms with Crippen molar-refractivity contribution in [2.75, 3.05) is 0 Å². The minimum absolute atomic E-state index is 0.0455. The van der Waals surface area contributed by atoms with E-state index in [-0.39, 0.29) is 17.9 Å². The van der Waals surface area contributed by atoms with Crippen molar-refractivity contribution in [1.82, 2.24) is 5.01 Å². The first kappa shape index (κ1) is 17.0. The normalized spacial score (nSPS) is 23.7. The maximum Gasteiger partial charge on any atom is 0.240 e. The van der Waals surface area contributed by atoms with E-state index < -0.39 is 0 Å². The Kier molecular flexibility index (Phi) is 4.64. The summed E-state index contributed by atoms with van der Waals surface area (Å²) in [6, 6.07) is 18.0. The number of hydrogen-bond donors (Lipinski definition) is 0. The number of allylic oxidation sites excluding steroid dienone is 1. The van der Waals surface area contributed by atoms with Crippen LogP contribution in [0.4, 0.5) is 0 Å². The molecule has 0 saturated heterocycles. The fourth-order valence-corrected chi connectivity index (χ4v) is 4.28. The van der Waals surface area contributed by atoms with E-state index in [2.05, 4.69) is 18.2 Å². The summed E-state index contributed by atoms with van der Waals surface area (Å²) in [4.78, 5) is 12.3. The Labute approximate surface area is 159 Å². The van der Waals surface area contributed by atoms with E-state index in [1.165, 1.54) is 11.1 Å². The highest BCUT2D eigenvalue weighted by molar-refractivity contribution is 6.31. The maximum absolute atomic E-state index is 12.3. The molecule has 0 unspecified atom stereocenters. The van der Waals surface area contributed by atoms with Crippen LogP contribution in [0.5, 0.6) is 0 Å². The molecule has 4 heteroatoms. The van der Waals surface area contributed by atoms with Crippen LogP contribution in [0, 0.1) is 5.92 Å². The predicted molar refractivity (Wildman–Crippen MR) is 106 cm³/mol. The summed E-state index contributed by atoms with van der Waals surface area (Å²) in [7, 11) is 0. The smallest absolute Gasteiger partial charge is 0.240 e. The average Bonchev–Trinajstić information content (AvgIpc) is 3.04. The highest BCUT2D eigenvalue weighted by Crippen LogP contribution is 2.45. The van der Waals surface area contributed by atoms with Crippen LogP contribution in [0.25, 0.3) is 6.08 Å². The summed E-state index contributed by atoms with van der Waals surface area (Å²) in [5.74, 6) is 0.151. The molecular formula is C22H21ClN2O. The number of hydrazone groups is 1. The van der Waals surface area contributed by atoms with Gasteiger partial charge in [0.05, 0.1) is 11.8 Å². The Morgan fingerprint density at radius 1 is 1.15 bits per heavy atom. The molecule has 1 saturated carbocycles. The summed E-state index contributed by atoms with van der Waals surface area (Å²) >= 11 is 6.47. The number of rotatable bonds is 2. The molecule has 2 aromatic carbocycles. The molecule has 26 heavy (non-hydrogen) atoms. The van der Waals surface area contributed by atoms with Crippen molar-refractivity contribution in [3.8, 4) is 0 Å². The topological polar surface area (TPSA) is 32.7 Å². The fourth-order valence-electron chi connectivity index (χ4n) is 4.04. The van der Waals surface area contributed by atoms with Crippen molar-refractivity contribution in [3.05, 3.63) is 76.3 Å². The van der Waals surface area contributed by atoms with Crippen LogP contribution in [0.1, 0.15) is 43.4 Å². The lowest BCUT2D eigenvalue weighted by molar-refractivity contribution is -0.131. The summed E-state index contributed by atoms with van der Waals surface area (Å²) in [5.41, 5.74) is 4.42. The molecule has 1 aliphatic carbocycles. The van der Waals surface area contributed by atoms with Crippen molar-refractivity contribution < 1.29 is 4.79 Å². The molecule has 0 spiro atoms. The Morgan fingerprint density at radius 3 is 2.62 bits per heavy atom. The van der Waals surface area contributed by atoms with Gasteiger partial charge in [-0.25, -0.2) is 5.01 Å². The molecule has 1 heterocycles. The number of benzene rings is 2. The van der Waals surface area contributed by atoms with Crippen LogP contribution in [0.3, 0.4) is 0 Å². The lowest BCUT2D eigenvalue weighted by Crippen LogP contribution is -2.30. The molecule has 0 radical (unpaired) electrons. The second kappa shape index (κ2) is 7.08. The molecule has 0 aromatic heterocycles. The zero-order valence-corrected chi connectivity index (χ0v) is 15.5. The van der Waals surface area contributed by atoms with E-state index in [0.717, 1.165) is 30.5 Å². The monoisotopic (exact) mass is 364 g/mol. The number of nitrogens with zero attached hydrogens (tertiary/aromatic N) is 2. The number of fused-ring (bicyclic) bond motifs is 1.